The lowest BCUT2D eigenvalue weighted by Crippen LogP contribution is -2.56. The molecule has 0 aromatic carbocycles. The second-order valence-electron chi connectivity index (χ2n) is 8.84. The molecule has 1 heterocycles. The number of carbonyl (C=O) groups is 1. The number of halogens is 1. The molecule has 6 nitrogen and oxygen atoms in total. The number of fused-ring (bicyclic) bond motifs is 1. The molecule has 27 heavy (non-hydrogen) atoms. The van der Waals surface area contributed by atoms with Crippen LogP contribution in [0.15, 0.2) is 0 Å². The number of piperidine rings is 1. The van der Waals surface area contributed by atoms with Gasteiger partial charge in [-0.2, -0.15) is 0 Å². The fourth-order valence-electron chi connectivity index (χ4n) is 5.36. The molecule has 0 aromatic heterocycles. The van der Waals surface area contributed by atoms with Crippen LogP contribution in [0.1, 0.15) is 58.3 Å². The van der Waals surface area contributed by atoms with Crippen LogP contribution in [0.4, 0.5) is 4.39 Å². The highest BCUT2D eigenvalue weighted by molar-refractivity contribution is 5.73. The van der Waals surface area contributed by atoms with Gasteiger partial charge in [-0.3, -0.25) is 4.79 Å². The van der Waals surface area contributed by atoms with Crippen molar-refractivity contribution in [1.82, 2.24) is 10.6 Å². The number of alkyl halides is 1. The maximum Gasteiger partial charge on any atom is 0.217 e. The van der Waals surface area contributed by atoms with E-state index in [4.69, 9.17) is 10.5 Å². The van der Waals surface area contributed by atoms with Gasteiger partial charge in [-0.15, -0.1) is 0 Å². The Hall–Kier alpha value is -0.760. The summed E-state index contributed by atoms with van der Waals surface area (Å²) in [4.78, 5) is 11.3. The molecule has 0 bridgehead atoms. The number of hydrogen-bond acceptors (Lipinski definition) is 5. The summed E-state index contributed by atoms with van der Waals surface area (Å²) < 4.78 is 18.2. The lowest BCUT2D eigenvalue weighted by Gasteiger charge is -2.47. The van der Waals surface area contributed by atoms with Gasteiger partial charge in [0, 0.05) is 31.1 Å². The Morgan fingerprint density at radius 1 is 1.19 bits per heavy atom. The lowest BCUT2D eigenvalue weighted by atomic mass is 9.71. The second kappa shape index (κ2) is 9.63. The van der Waals surface area contributed by atoms with E-state index >= 15 is 0 Å². The van der Waals surface area contributed by atoms with Crippen molar-refractivity contribution in [3.63, 3.8) is 0 Å². The summed E-state index contributed by atoms with van der Waals surface area (Å²) >= 11 is 0. The van der Waals surface area contributed by atoms with Crippen LogP contribution in [0.2, 0.25) is 0 Å². The molecule has 1 saturated heterocycles. The number of aliphatic hydroxyl groups is 1. The highest BCUT2D eigenvalue weighted by Gasteiger charge is 2.40. The fourth-order valence-corrected chi connectivity index (χ4v) is 5.36. The standard InChI is InChI=1S/C20H36FN3O3/c1-12(25)23-15-4-7-19-13(8-15)3-6-18(24-19)14-2-5-17(22)20(9-14)27-11-16(26)10-21/h13-20,24,26H,2-11,22H2,1H3,(H,23,25). The highest BCUT2D eigenvalue weighted by Crippen LogP contribution is 2.37. The van der Waals surface area contributed by atoms with E-state index in [1.165, 1.54) is 6.42 Å². The number of nitrogens with two attached hydrogens (primary N) is 1. The minimum absolute atomic E-state index is 0.0227. The zero-order chi connectivity index (χ0) is 19.4. The van der Waals surface area contributed by atoms with E-state index in [2.05, 4.69) is 10.6 Å². The maximum absolute atomic E-state index is 12.5. The van der Waals surface area contributed by atoms with Crippen molar-refractivity contribution in [2.24, 2.45) is 17.6 Å². The normalized spacial score (nSPS) is 40.8. The molecule has 2 aliphatic carbocycles. The molecule has 5 N–H and O–H groups in total. The van der Waals surface area contributed by atoms with Gasteiger partial charge in [0.25, 0.3) is 0 Å². The van der Waals surface area contributed by atoms with Crippen molar-refractivity contribution in [1.29, 1.82) is 0 Å². The summed E-state index contributed by atoms with van der Waals surface area (Å²) in [5, 5.41) is 16.4. The third kappa shape index (κ3) is 5.62. The van der Waals surface area contributed by atoms with Crippen LogP contribution in [-0.2, 0) is 9.53 Å². The first-order valence-corrected chi connectivity index (χ1v) is 10.6. The molecule has 1 amide bonds. The molecule has 0 aromatic rings. The van der Waals surface area contributed by atoms with Gasteiger partial charge in [0.2, 0.25) is 5.91 Å². The van der Waals surface area contributed by atoms with Crippen molar-refractivity contribution < 1.29 is 19.0 Å². The molecule has 3 aliphatic rings. The predicted octanol–water partition coefficient (Wildman–Crippen LogP) is 1.25. The minimum atomic E-state index is -1.05. The third-order valence-electron chi connectivity index (χ3n) is 6.80. The Bertz CT molecular complexity index is 495. The zero-order valence-electron chi connectivity index (χ0n) is 16.4. The molecule has 3 rings (SSSR count). The van der Waals surface area contributed by atoms with Crippen LogP contribution in [-0.4, -0.2) is 60.7 Å². The van der Waals surface area contributed by atoms with Gasteiger partial charge in [-0.25, -0.2) is 4.39 Å². The molecule has 7 heteroatoms. The van der Waals surface area contributed by atoms with Crippen molar-refractivity contribution >= 4 is 5.91 Å². The number of ether oxygens (including phenoxy) is 1. The number of carbonyl (C=O) groups excluding carboxylic acids is 1. The Morgan fingerprint density at radius 3 is 2.56 bits per heavy atom. The Kier molecular flexibility index (Phi) is 7.48. The minimum Gasteiger partial charge on any atom is -0.388 e. The van der Waals surface area contributed by atoms with Gasteiger partial charge in [0.05, 0.1) is 12.7 Å². The summed E-state index contributed by atoms with van der Waals surface area (Å²) in [5.74, 6) is 1.23. The van der Waals surface area contributed by atoms with Gasteiger partial charge in [-0.1, -0.05) is 0 Å². The largest absolute Gasteiger partial charge is 0.388 e. The molecule has 8 atom stereocenters. The molecule has 0 radical (unpaired) electrons. The summed E-state index contributed by atoms with van der Waals surface area (Å²) in [6.45, 7) is 0.840. The van der Waals surface area contributed by atoms with Gasteiger partial charge in [-0.05, 0) is 63.2 Å². The van der Waals surface area contributed by atoms with Crippen molar-refractivity contribution in [3.05, 3.63) is 0 Å². The first kappa shape index (κ1) is 21.0. The van der Waals surface area contributed by atoms with Crippen molar-refractivity contribution in [3.8, 4) is 0 Å². The number of rotatable bonds is 6. The van der Waals surface area contributed by atoms with E-state index in [0.29, 0.717) is 30.0 Å². The summed E-state index contributed by atoms with van der Waals surface area (Å²) in [6.07, 6.45) is 7.32. The first-order chi connectivity index (χ1) is 13.0. The second-order valence-corrected chi connectivity index (χ2v) is 8.84. The zero-order valence-corrected chi connectivity index (χ0v) is 16.4. The molecular weight excluding hydrogens is 349 g/mol. The van der Waals surface area contributed by atoms with E-state index < -0.39 is 12.8 Å². The summed E-state index contributed by atoms with van der Waals surface area (Å²) in [7, 11) is 0. The molecular formula is C20H36FN3O3. The summed E-state index contributed by atoms with van der Waals surface area (Å²) in [6, 6.07) is 1.32. The number of amides is 1. The van der Waals surface area contributed by atoms with Crippen molar-refractivity contribution in [2.45, 2.75) is 94.7 Å². The quantitative estimate of drug-likeness (QED) is 0.552. The van der Waals surface area contributed by atoms with E-state index in [1.807, 2.05) is 0 Å². The smallest absolute Gasteiger partial charge is 0.217 e. The van der Waals surface area contributed by atoms with Crippen LogP contribution in [0, 0.1) is 11.8 Å². The monoisotopic (exact) mass is 385 g/mol. The molecule has 3 fully saturated rings. The fraction of sp³-hybridized carbons (Fsp3) is 0.950. The highest BCUT2D eigenvalue weighted by atomic mass is 19.1. The van der Waals surface area contributed by atoms with Crippen LogP contribution in [0.25, 0.3) is 0 Å². The first-order valence-electron chi connectivity index (χ1n) is 10.6. The van der Waals surface area contributed by atoms with E-state index in [-0.39, 0.29) is 24.7 Å². The number of aliphatic hydroxyl groups excluding tert-OH is 1. The Balaban J connectivity index is 1.49. The Labute approximate surface area is 161 Å². The van der Waals surface area contributed by atoms with E-state index in [0.717, 1.165) is 44.9 Å². The number of nitrogens with one attached hydrogen (secondary N) is 2. The van der Waals surface area contributed by atoms with Crippen LogP contribution in [0.3, 0.4) is 0 Å². The predicted molar refractivity (Wildman–Crippen MR) is 102 cm³/mol. The topological polar surface area (TPSA) is 96.6 Å². The van der Waals surface area contributed by atoms with Gasteiger partial charge in [0.1, 0.15) is 12.8 Å². The molecule has 1 aliphatic heterocycles. The SMILES string of the molecule is CC(=O)NC1CCC2NC(C3CCC(N)C(OCC(O)CF)C3)CCC2C1. The van der Waals surface area contributed by atoms with E-state index in [1.54, 1.807) is 6.92 Å². The maximum atomic E-state index is 12.5. The van der Waals surface area contributed by atoms with Gasteiger partial charge >= 0.3 is 0 Å². The van der Waals surface area contributed by atoms with E-state index in [9.17, 15) is 14.3 Å². The molecule has 156 valence electrons. The lowest BCUT2D eigenvalue weighted by molar-refractivity contribution is -0.120. The average Bonchev–Trinajstić information content (AvgIpc) is 2.66. The van der Waals surface area contributed by atoms with Crippen molar-refractivity contribution in [2.75, 3.05) is 13.3 Å². The van der Waals surface area contributed by atoms with Crippen LogP contribution < -0.4 is 16.4 Å². The third-order valence-corrected chi connectivity index (χ3v) is 6.80. The van der Waals surface area contributed by atoms with Gasteiger partial charge < -0.3 is 26.2 Å². The molecule has 2 saturated carbocycles. The molecule has 8 unspecified atom stereocenters. The average molecular weight is 386 g/mol. The van der Waals surface area contributed by atoms with Crippen LogP contribution >= 0.6 is 0 Å². The Morgan fingerprint density at radius 2 is 1.85 bits per heavy atom. The number of hydrogen-bond donors (Lipinski definition) is 4. The molecule has 0 spiro atoms. The van der Waals surface area contributed by atoms with Gasteiger partial charge in [0.15, 0.2) is 0 Å². The van der Waals surface area contributed by atoms with Crippen LogP contribution in [0.5, 0.6) is 0 Å². The summed E-state index contributed by atoms with van der Waals surface area (Å²) in [5.41, 5.74) is 6.20.